The van der Waals surface area contributed by atoms with Crippen LogP contribution in [0.15, 0.2) is 0 Å². The van der Waals surface area contributed by atoms with Crippen LogP contribution in [-0.2, 0) is 28.7 Å². The van der Waals surface area contributed by atoms with Crippen LogP contribution in [0, 0.1) is 5.92 Å². The molecule has 15 heavy (non-hydrogen) atoms. The van der Waals surface area contributed by atoms with E-state index in [1.165, 1.54) is 0 Å². The van der Waals surface area contributed by atoms with Crippen LogP contribution in [0.4, 0.5) is 0 Å². The predicted molar refractivity (Wildman–Crippen MR) is 41.8 cm³/mol. The van der Waals surface area contributed by atoms with Crippen LogP contribution in [0.1, 0.15) is 12.8 Å². The van der Waals surface area contributed by atoms with Crippen molar-refractivity contribution in [2.75, 3.05) is 0 Å². The van der Waals surface area contributed by atoms with E-state index in [0.717, 1.165) is 0 Å². The lowest BCUT2D eigenvalue weighted by atomic mass is 9.82. The zero-order valence-electron chi connectivity index (χ0n) is 7.52. The molecule has 2 saturated heterocycles. The van der Waals surface area contributed by atoms with Crippen molar-refractivity contribution in [3.05, 3.63) is 0 Å². The van der Waals surface area contributed by atoms with Crippen LogP contribution >= 0.6 is 0 Å². The highest BCUT2D eigenvalue weighted by molar-refractivity contribution is 6.06. The van der Waals surface area contributed by atoms with E-state index in [1.807, 2.05) is 0 Å². The fourth-order valence-corrected chi connectivity index (χ4v) is 1.68. The molecule has 0 bridgehead atoms. The van der Waals surface area contributed by atoms with Crippen LogP contribution in [0.5, 0.6) is 0 Å². The van der Waals surface area contributed by atoms with Gasteiger partial charge in [-0.1, -0.05) is 0 Å². The number of cyclic esters (lactones) is 4. The highest BCUT2D eigenvalue weighted by atomic mass is 16.6. The lowest BCUT2D eigenvalue weighted by Gasteiger charge is -2.20. The topological polar surface area (TPSA) is 113 Å². The number of nitrogens with two attached hydrogens (primary N) is 1. The zero-order chi connectivity index (χ0) is 11.2. The Hall–Kier alpha value is -1.76. The molecule has 0 saturated carbocycles. The Bertz CT molecular complexity index is 389. The first-order valence-corrected chi connectivity index (χ1v) is 4.22. The maximum absolute atomic E-state index is 11.3. The molecule has 0 radical (unpaired) electrons. The van der Waals surface area contributed by atoms with Crippen molar-refractivity contribution in [2.24, 2.45) is 11.7 Å². The first kappa shape index (κ1) is 9.78. The molecule has 2 N–H and O–H groups in total. The lowest BCUT2D eigenvalue weighted by Crippen LogP contribution is -2.52. The summed E-state index contributed by atoms with van der Waals surface area (Å²) < 4.78 is 8.51. The van der Waals surface area contributed by atoms with Gasteiger partial charge in [0.1, 0.15) is 5.54 Å². The van der Waals surface area contributed by atoms with Crippen molar-refractivity contribution in [1.82, 2.24) is 0 Å². The summed E-state index contributed by atoms with van der Waals surface area (Å²) in [5.74, 6) is -4.53. The first-order valence-electron chi connectivity index (χ1n) is 4.22. The second kappa shape index (κ2) is 2.86. The minimum atomic E-state index is -1.75. The molecule has 0 amide bonds. The van der Waals surface area contributed by atoms with Crippen molar-refractivity contribution >= 4 is 23.9 Å². The van der Waals surface area contributed by atoms with Gasteiger partial charge >= 0.3 is 23.9 Å². The van der Waals surface area contributed by atoms with Crippen LogP contribution in [0.25, 0.3) is 0 Å². The molecule has 2 rings (SSSR count). The third-order valence-electron chi connectivity index (χ3n) is 2.51. The van der Waals surface area contributed by atoms with Crippen molar-refractivity contribution in [2.45, 2.75) is 18.4 Å². The summed E-state index contributed by atoms with van der Waals surface area (Å²) in [4.78, 5) is 44.1. The molecule has 2 fully saturated rings. The van der Waals surface area contributed by atoms with Gasteiger partial charge in [0, 0.05) is 0 Å². The lowest BCUT2D eigenvalue weighted by molar-refractivity contribution is -0.158. The summed E-state index contributed by atoms with van der Waals surface area (Å²) >= 11 is 0. The number of hydrogen-bond donors (Lipinski definition) is 1. The first-order chi connectivity index (χ1) is 6.93. The molecule has 2 unspecified atom stereocenters. The fraction of sp³-hybridized carbons (Fsp3) is 0.500. The van der Waals surface area contributed by atoms with E-state index in [4.69, 9.17) is 5.73 Å². The summed E-state index contributed by atoms with van der Waals surface area (Å²) in [6.07, 6.45) is -0.698. The monoisotopic (exact) mass is 213 g/mol. The molecule has 7 nitrogen and oxygen atoms in total. The fourth-order valence-electron chi connectivity index (χ4n) is 1.68. The molecular formula is C8H7NO6. The third kappa shape index (κ3) is 1.32. The second-order valence-electron chi connectivity index (χ2n) is 3.53. The van der Waals surface area contributed by atoms with Gasteiger partial charge in [0.05, 0.1) is 18.8 Å². The molecule has 0 aromatic rings. The smallest absolute Gasteiger partial charge is 0.335 e. The Balaban J connectivity index is 2.30. The summed E-state index contributed by atoms with van der Waals surface area (Å²) in [5, 5.41) is 0. The average molecular weight is 213 g/mol. The Morgan fingerprint density at radius 2 is 1.80 bits per heavy atom. The highest BCUT2D eigenvalue weighted by Gasteiger charge is 2.58. The van der Waals surface area contributed by atoms with Crippen LogP contribution in [0.2, 0.25) is 0 Å². The van der Waals surface area contributed by atoms with E-state index < -0.39 is 41.8 Å². The molecule has 2 aliphatic rings. The van der Waals surface area contributed by atoms with E-state index in [9.17, 15) is 19.2 Å². The van der Waals surface area contributed by atoms with Crippen molar-refractivity contribution in [1.29, 1.82) is 0 Å². The molecule has 2 aliphatic heterocycles. The summed E-state index contributed by atoms with van der Waals surface area (Å²) in [6, 6.07) is 0. The average Bonchev–Trinajstić information content (AvgIpc) is 2.55. The Kier molecular flexibility index (Phi) is 1.87. The van der Waals surface area contributed by atoms with Gasteiger partial charge in [-0.2, -0.15) is 0 Å². The number of hydrogen-bond acceptors (Lipinski definition) is 7. The molecule has 80 valence electrons. The van der Waals surface area contributed by atoms with Gasteiger partial charge in [-0.05, 0) is 0 Å². The maximum atomic E-state index is 11.3. The molecule has 0 aromatic heterocycles. The van der Waals surface area contributed by atoms with Gasteiger partial charge in [0.2, 0.25) is 0 Å². The van der Waals surface area contributed by atoms with Gasteiger partial charge in [-0.25, -0.2) is 4.79 Å². The standard InChI is InChI=1S/C8H7NO6/c9-8(2-5(11)15-7(8)13)3-1-4(10)14-6(3)12/h3H,1-2,9H2. The van der Waals surface area contributed by atoms with Gasteiger partial charge in [-0.15, -0.1) is 0 Å². The SMILES string of the molecule is NC1(C2CC(=O)OC2=O)CC(=O)OC1=O. The maximum Gasteiger partial charge on any atom is 0.335 e. The summed E-state index contributed by atoms with van der Waals surface area (Å²) in [7, 11) is 0. The van der Waals surface area contributed by atoms with Crippen LogP contribution in [-0.4, -0.2) is 29.4 Å². The summed E-state index contributed by atoms with van der Waals surface area (Å²) in [5.41, 5.74) is 3.85. The van der Waals surface area contributed by atoms with Gasteiger partial charge < -0.3 is 15.2 Å². The third-order valence-corrected chi connectivity index (χ3v) is 2.51. The quantitative estimate of drug-likeness (QED) is 0.405. The van der Waals surface area contributed by atoms with Gasteiger partial charge in [-0.3, -0.25) is 14.4 Å². The van der Waals surface area contributed by atoms with E-state index in [-0.39, 0.29) is 6.42 Å². The number of esters is 4. The highest BCUT2D eigenvalue weighted by Crippen LogP contribution is 2.33. The molecule has 2 atom stereocenters. The second-order valence-corrected chi connectivity index (χ2v) is 3.53. The molecule has 0 aromatic carbocycles. The van der Waals surface area contributed by atoms with E-state index >= 15 is 0 Å². The predicted octanol–water partition coefficient (Wildman–Crippen LogP) is -1.75. The van der Waals surface area contributed by atoms with Crippen molar-refractivity contribution < 1.29 is 28.7 Å². The van der Waals surface area contributed by atoms with Gasteiger partial charge in [0.25, 0.3) is 0 Å². The summed E-state index contributed by atoms with van der Waals surface area (Å²) in [6.45, 7) is 0. The molecular weight excluding hydrogens is 206 g/mol. The van der Waals surface area contributed by atoms with Gasteiger partial charge in [0.15, 0.2) is 0 Å². The molecule has 2 heterocycles. The number of rotatable bonds is 1. The minimum Gasteiger partial charge on any atom is -0.393 e. The van der Waals surface area contributed by atoms with Crippen LogP contribution < -0.4 is 5.73 Å². The molecule has 0 aliphatic carbocycles. The van der Waals surface area contributed by atoms with Crippen molar-refractivity contribution in [3.63, 3.8) is 0 Å². The number of carbonyl (C=O) groups excluding carboxylic acids is 4. The molecule has 7 heteroatoms. The normalized spacial score (nSPS) is 35.7. The largest absolute Gasteiger partial charge is 0.393 e. The number of carbonyl (C=O) groups is 4. The zero-order valence-corrected chi connectivity index (χ0v) is 7.52. The van der Waals surface area contributed by atoms with E-state index in [2.05, 4.69) is 9.47 Å². The Morgan fingerprint density at radius 1 is 1.13 bits per heavy atom. The minimum absolute atomic E-state index is 0.294. The Labute approximate surface area is 83.5 Å². The Morgan fingerprint density at radius 3 is 2.20 bits per heavy atom. The van der Waals surface area contributed by atoms with E-state index in [0.29, 0.717) is 0 Å². The van der Waals surface area contributed by atoms with E-state index in [1.54, 1.807) is 0 Å². The molecule has 0 spiro atoms. The van der Waals surface area contributed by atoms with Crippen LogP contribution in [0.3, 0.4) is 0 Å². The van der Waals surface area contributed by atoms with Crippen molar-refractivity contribution in [3.8, 4) is 0 Å². The number of ether oxygens (including phenoxy) is 2.